The van der Waals surface area contributed by atoms with E-state index in [0.717, 1.165) is 12.5 Å². The van der Waals surface area contributed by atoms with Gasteiger partial charge in [0.1, 0.15) is 0 Å². The molecule has 0 spiro atoms. The lowest BCUT2D eigenvalue weighted by atomic mass is 10.0. The van der Waals surface area contributed by atoms with Gasteiger partial charge in [-0.2, -0.15) is 0 Å². The molecular weight excluding hydrogens is 212 g/mol. The summed E-state index contributed by atoms with van der Waals surface area (Å²) in [5.74, 6) is -3.04. The highest BCUT2D eigenvalue weighted by Gasteiger charge is 2.21. The lowest BCUT2D eigenvalue weighted by molar-refractivity contribution is -0.117. The lowest BCUT2D eigenvalue weighted by Gasteiger charge is -2.10. The van der Waals surface area contributed by atoms with Crippen molar-refractivity contribution in [2.24, 2.45) is 5.73 Å². The first-order valence-corrected chi connectivity index (χ1v) is 5.11. The highest BCUT2D eigenvalue weighted by Crippen LogP contribution is 2.19. The standard InChI is InChI=1S/C12H15F2NO/c1-12(13,14)8-10-4-2-9(3-5-10)6-7-11(15)16/h2-5H,6-8H2,1H3,(H2,15,16). The number of halogens is 2. The average molecular weight is 227 g/mol. The van der Waals surface area contributed by atoms with E-state index in [0.29, 0.717) is 12.0 Å². The molecule has 0 saturated carbocycles. The van der Waals surface area contributed by atoms with Gasteiger partial charge in [0.2, 0.25) is 11.8 Å². The van der Waals surface area contributed by atoms with Gasteiger partial charge >= 0.3 is 0 Å². The van der Waals surface area contributed by atoms with Gasteiger partial charge in [-0.3, -0.25) is 4.79 Å². The van der Waals surface area contributed by atoms with Crippen LogP contribution in [0.15, 0.2) is 24.3 Å². The second-order valence-corrected chi connectivity index (χ2v) is 4.03. The largest absolute Gasteiger partial charge is 0.370 e. The Kier molecular flexibility index (Phi) is 3.99. The van der Waals surface area contributed by atoms with Crippen molar-refractivity contribution < 1.29 is 13.6 Å². The maximum Gasteiger partial charge on any atom is 0.249 e. The number of carbonyl (C=O) groups excluding carboxylic acids is 1. The van der Waals surface area contributed by atoms with Crippen LogP contribution in [0.25, 0.3) is 0 Å². The fraction of sp³-hybridized carbons (Fsp3) is 0.417. The van der Waals surface area contributed by atoms with Crippen molar-refractivity contribution in [1.82, 2.24) is 0 Å². The number of hydrogen-bond donors (Lipinski definition) is 1. The fourth-order valence-electron chi connectivity index (χ4n) is 1.45. The van der Waals surface area contributed by atoms with E-state index in [9.17, 15) is 13.6 Å². The van der Waals surface area contributed by atoms with Gasteiger partial charge in [-0.1, -0.05) is 24.3 Å². The van der Waals surface area contributed by atoms with Crippen LogP contribution in [0.2, 0.25) is 0 Å². The number of carbonyl (C=O) groups is 1. The summed E-state index contributed by atoms with van der Waals surface area (Å²) in [5.41, 5.74) is 6.54. The van der Waals surface area contributed by atoms with Crippen LogP contribution < -0.4 is 5.73 Å². The second-order valence-electron chi connectivity index (χ2n) is 4.03. The molecule has 0 atom stereocenters. The third-order valence-electron chi connectivity index (χ3n) is 2.20. The normalized spacial score (nSPS) is 11.4. The van der Waals surface area contributed by atoms with Gasteiger partial charge in [0.25, 0.3) is 0 Å². The molecule has 0 bridgehead atoms. The highest BCUT2D eigenvalue weighted by atomic mass is 19.3. The fourth-order valence-corrected chi connectivity index (χ4v) is 1.45. The van der Waals surface area contributed by atoms with E-state index >= 15 is 0 Å². The van der Waals surface area contributed by atoms with Gasteiger partial charge in [0.05, 0.1) is 0 Å². The van der Waals surface area contributed by atoms with Crippen LogP contribution in [0.1, 0.15) is 24.5 Å². The van der Waals surface area contributed by atoms with Crippen LogP contribution in [0.5, 0.6) is 0 Å². The summed E-state index contributed by atoms with van der Waals surface area (Å²) in [4.78, 5) is 10.6. The maximum atomic E-state index is 12.7. The van der Waals surface area contributed by atoms with Crippen molar-refractivity contribution in [2.45, 2.75) is 32.1 Å². The minimum absolute atomic E-state index is 0.261. The molecule has 88 valence electrons. The molecule has 16 heavy (non-hydrogen) atoms. The number of amides is 1. The Bertz CT molecular complexity index is 354. The Morgan fingerprint density at radius 1 is 1.25 bits per heavy atom. The molecule has 0 aliphatic carbocycles. The molecule has 1 aromatic carbocycles. The predicted molar refractivity (Wildman–Crippen MR) is 58.3 cm³/mol. The van der Waals surface area contributed by atoms with Gasteiger partial charge < -0.3 is 5.73 Å². The SMILES string of the molecule is CC(F)(F)Cc1ccc(CCC(N)=O)cc1. The van der Waals surface area contributed by atoms with Gasteiger partial charge in [-0.05, 0) is 24.5 Å². The van der Waals surface area contributed by atoms with Crippen molar-refractivity contribution >= 4 is 5.91 Å². The zero-order valence-corrected chi connectivity index (χ0v) is 9.17. The molecule has 0 heterocycles. The first-order valence-electron chi connectivity index (χ1n) is 5.11. The van der Waals surface area contributed by atoms with Gasteiger partial charge in [-0.15, -0.1) is 0 Å². The molecule has 0 unspecified atom stereocenters. The Balaban J connectivity index is 2.57. The smallest absolute Gasteiger partial charge is 0.249 e. The summed E-state index contributed by atoms with van der Waals surface area (Å²) in [6.07, 6.45) is 0.574. The van der Waals surface area contributed by atoms with E-state index in [-0.39, 0.29) is 18.7 Å². The molecule has 2 nitrogen and oxygen atoms in total. The first-order chi connectivity index (χ1) is 7.37. The monoisotopic (exact) mass is 227 g/mol. The molecule has 0 fully saturated rings. The van der Waals surface area contributed by atoms with E-state index in [1.54, 1.807) is 24.3 Å². The number of nitrogens with two attached hydrogens (primary N) is 1. The number of alkyl halides is 2. The number of aryl methyl sites for hydroxylation is 1. The van der Waals surface area contributed by atoms with Crippen molar-refractivity contribution in [3.63, 3.8) is 0 Å². The number of benzene rings is 1. The zero-order valence-electron chi connectivity index (χ0n) is 9.17. The summed E-state index contributed by atoms with van der Waals surface area (Å²) in [6.45, 7) is 0.897. The highest BCUT2D eigenvalue weighted by molar-refractivity contribution is 5.73. The average Bonchev–Trinajstić information content (AvgIpc) is 2.14. The van der Waals surface area contributed by atoms with E-state index in [4.69, 9.17) is 5.73 Å². The van der Waals surface area contributed by atoms with Crippen LogP contribution in [0, 0.1) is 0 Å². The summed E-state index contributed by atoms with van der Waals surface area (Å²) >= 11 is 0. The Hall–Kier alpha value is -1.45. The van der Waals surface area contributed by atoms with Crippen LogP contribution in [-0.4, -0.2) is 11.8 Å². The summed E-state index contributed by atoms with van der Waals surface area (Å²) < 4.78 is 25.4. The van der Waals surface area contributed by atoms with E-state index < -0.39 is 5.92 Å². The Morgan fingerprint density at radius 2 is 1.75 bits per heavy atom. The van der Waals surface area contributed by atoms with E-state index in [1.165, 1.54) is 0 Å². The summed E-state index contributed by atoms with van der Waals surface area (Å²) in [5, 5.41) is 0. The third kappa shape index (κ3) is 4.87. The summed E-state index contributed by atoms with van der Waals surface area (Å²) in [7, 11) is 0. The van der Waals surface area contributed by atoms with Gasteiger partial charge in [0, 0.05) is 12.8 Å². The minimum atomic E-state index is -2.69. The number of hydrogen-bond acceptors (Lipinski definition) is 1. The quantitative estimate of drug-likeness (QED) is 0.824. The first kappa shape index (κ1) is 12.6. The lowest BCUT2D eigenvalue weighted by Crippen LogP contribution is -2.13. The number of primary amides is 1. The third-order valence-corrected chi connectivity index (χ3v) is 2.20. The van der Waals surface area contributed by atoms with Crippen LogP contribution in [0.3, 0.4) is 0 Å². The molecule has 0 radical (unpaired) electrons. The molecule has 1 rings (SSSR count). The Morgan fingerprint density at radius 3 is 2.19 bits per heavy atom. The molecule has 0 saturated heterocycles. The molecule has 0 aliphatic rings. The van der Waals surface area contributed by atoms with Gasteiger partial charge in [-0.25, -0.2) is 8.78 Å². The zero-order chi connectivity index (χ0) is 12.2. The topological polar surface area (TPSA) is 43.1 Å². The Labute approximate surface area is 93.5 Å². The molecule has 1 amide bonds. The molecule has 2 N–H and O–H groups in total. The molecule has 0 aliphatic heterocycles. The van der Waals surface area contributed by atoms with E-state index in [1.807, 2.05) is 0 Å². The number of rotatable bonds is 5. The van der Waals surface area contributed by atoms with Gasteiger partial charge in [0.15, 0.2) is 0 Å². The van der Waals surface area contributed by atoms with Crippen LogP contribution in [0.4, 0.5) is 8.78 Å². The van der Waals surface area contributed by atoms with Crippen molar-refractivity contribution in [1.29, 1.82) is 0 Å². The summed E-state index contributed by atoms with van der Waals surface area (Å²) in [6, 6.07) is 6.83. The molecular formula is C12H15F2NO. The molecule has 4 heteroatoms. The van der Waals surface area contributed by atoms with Crippen molar-refractivity contribution in [3.8, 4) is 0 Å². The molecule has 0 aromatic heterocycles. The minimum Gasteiger partial charge on any atom is -0.370 e. The van der Waals surface area contributed by atoms with Crippen molar-refractivity contribution in [2.75, 3.05) is 0 Å². The maximum absolute atomic E-state index is 12.7. The predicted octanol–water partition coefficient (Wildman–Crippen LogP) is 2.30. The second kappa shape index (κ2) is 5.05. The van der Waals surface area contributed by atoms with Crippen molar-refractivity contribution in [3.05, 3.63) is 35.4 Å². The van der Waals surface area contributed by atoms with Crippen LogP contribution >= 0.6 is 0 Å². The van der Waals surface area contributed by atoms with Crippen LogP contribution in [-0.2, 0) is 17.6 Å². The van der Waals surface area contributed by atoms with E-state index in [2.05, 4.69) is 0 Å². The molecule has 1 aromatic rings.